The number of carbonyl (C=O) groups is 1. The van der Waals surface area contributed by atoms with Crippen LogP contribution in [-0.2, 0) is 6.54 Å². The van der Waals surface area contributed by atoms with E-state index in [9.17, 15) is 4.79 Å². The fourth-order valence-electron chi connectivity index (χ4n) is 0.988. The van der Waals surface area contributed by atoms with Crippen LogP contribution in [0.3, 0.4) is 0 Å². The first-order chi connectivity index (χ1) is 6.25. The van der Waals surface area contributed by atoms with Crippen LogP contribution in [0.4, 0.5) is 0 Å². The normalized spacial score (nSPS) is 10.2. The van der Waals surface area contributed by atoms with Crippen molar-refractivity contribution in [3.8, 4) is 0 Å². The highest BCUT2D eigenvalue weighted by Gasteiger charge is 2.08. The summed E-state index contributed by atoms with van der Waals surface area (Å²) >= 11 is 1.77. The lowest BCUT2D eigenvalue weighted by Gasteiger charge is -2.02. The predicted molar refractivity (Wildman–Crippen MR) is 52.2 cm³/mol. The van der Waals surface area contributed by atoms with Gasteiger partial charge in [-0.25, -0.2) is 4.79 Å². The average molecular weight is 200 g/mol. The van der Waals surface area contributed by atoms with Gasteiger partial charge in [-0.1, -0.05) is 6.92 Å². The van der Waals surface area contributed by atoms with Crippen molar-refractivity contribution in [3.05, 3.63) is 18.0 Å². The van der Waals surface area contributed by atoms with E-state index in [2.05, 4.69) is 12.0 Å². The summed E-state index contributed by atoms with van der Waals surface area (Å²) in [5.41, 5.74) is 0.261. The molecule has 5 heteroatoms. The summed E-state index contributed by atoms with van der Waals surface area (Å²) in [6.45, 7) is 2.74. The van der Waals surface area contributed by atoms with E-state index in [4.69, 9.17) is 5.11 Å². The zero-order chi connectivity index (χ0) is 9.68. The molecule has 0 aromatic carbocycles. The van der Waals surface area contributed by atoms with Crippen LogP contribution in [0.2, 0.25) is 0 Å². The molecule has 1 rings (SSSR count). The lowest BCUT2D eigenvalue weighted by molar-refractivity contribution is 0.0683. The molecule has 1 heterocycles. The molecule has 0 aliphatic heterocycles. The summed E-state index contributed by atoms with van der Waals surface area (Å²) in [5.74, 6) is 1.03. The minimum absolute atomic E-state index is 0.261. The Bertz CT molecular complexity index is 285. The average Bonchev–Trinajstić information content (AvgIpc) is 2.53. The van der Waals surface area contributed by atoms with Crippen molar-refractivity contribution in [2.24, 2.45) is 0 Å². The Balaban J connectivity index is 2.55. The molecule has 0 fully saturated rings. The van der Waals surface area contributed by atoms with Gasteiger partial charge in [0.15, 0.2) is 0 Å². The van der Waals surface area contributed by atoms with Gasteiger partial charge in [0.05, 0.1) is 6.54 Å². The van der Waals surface area contributed by atoms with Crippen LogP contribution in [-0.4, -0.2) is 32.4 Å². The van der Waals surface area contributed by atoms with Crippen LogP contribution in [0.15, 0.2) is 12.3 Å². The van der Waals surface area contributed by atoms with Crippen molar-refractivity contribution in [2.45, 2.75) is 13.5 Å². The van der Waals surface area contributed by atoms with Gasteiger partial charge in [-0.05, 0) is 11.8 Å². The third-order valence-electron chi connectivity index (χ3n) is 1.59. The van der Waals surface area contributed by atoms with Gasteiger partial charge in [0.1, 0.15) is 5.69 Å². The Labute approximate surface area is 80.9 Å². The molecule has 0 saturated heterocycles. The van der Waals surface area contributed by atoms with Crippen molar-refractivity contribution in [3.63, 3.8) is 0 Å². The maximum absolute atomic E-state index is 10.6. The number of rotatable bonds is 5. The number of aromatic nitrogens is 2. The Morgan fingerprint density at radius 3 is 3.15 bits per heavy atom. The highest BCUT2D eigenvalue weighted by atomic mass is 32.2. The van der Waals surface area contributed by atoms with Crippen LogP contribution in [0.5, 0.6) is 0 Å². The van der Waals surface area contributed by atoms with E-state index < -0.39 is 5.97 Å². The number of hydrogen-bond acceptors (Lipinski definition) is 3. The summed E-state index contributed by atoms with van der Waals surface area (Å²) in [6, 6.07) is 1.51. The van der Waals surface area contributed by atoms with Gasteiger partial charge in [-0.3, -0.25) is 4.68 Å². The maximum atomic E-state index is 10.6. The number of nitrogens with zero attached hydrogens (tertiary/aromatic N) is 2. The second-order valence-corrected chi connectivity index (χ2v) is 3.84. The molecule has 72 valence electrons. The summed E-state index contributed by atoms with van der Waals surface area (Å²) in [4.78, 5) is 10.6. The maximum Gasteiger partial charge on any atom is 0.354 e. The third kappa shape index (κ3) is 2.77. The number of aryl methyl sites for hydroxylation is 1. The highest BCUT2D eigenvalue weighted by molar-refractivity contribution is 7.99. The fraction of sp³-hybridized carbons (Fsp3) is 0.500. The first kappa shape index (κ1) is 10.1. The fourth-order valence-corrected chi connectivity index (χ4v) is 1.58. The number of thioether (sulfide) groups is 1. The lowest BCUT2D eigenvalue weighted by Crippen LogP contribution is -2.11. The monoisotopic (exact) mass is 200 g/mol. The van der Waals surface area contributed by atoms with E-state index in [0.29, 0.717) is 6.54 Å². The molecule has 0 unspecified atom stereocenters. The molecule has 1 aromatic heterocycles. The molecule has 0 spiro atoms. The van der Waals surface area contributed by atoms with Crippen molar-refractivity contribution in [1.82, 2.24) is 9.78 Å². The Morgan fingerprint density at radius 2 is 2.54 bits per heavy atom. The molecule has 0 aliphatic carbocycles. The number of carboxylic acid groups (broad SMARTS) is 1. The molecule has 4 nitrogen and oxygen atoms in total. The van der Waals surface area contributed by atoms with Crippen molar-refractivity contribution in [1.29, 1.82) is 0 Å². The standard InChI is InChI=1S/C8H12N2O2S/c1-2-13-6-5-10-7(8(11)12)3-4-9-10/h3-4H,2,5-6H2,1H3,(H,11,12). The molecule has 0 atom stereocenters. The molecule has 13 heavy (non-hydrogen) atoms. The quantitative estimate of drug-likeness (QED) is 0.729. The van der Waals surface area contributed by atoms with E-state index in [0.717, 1.165) is 11.5 Å². The van der Waals surface area contributed by atoms with Gasteiger partial charge in [0, 0.05) is 11.9 Å². The van der Waals surface area contributed by atoms with E-state index in [1.807, 2.05) is 0 Å². The van der Waals surface area contributed by atoms with E-state index in [1.165, 1.54) is 16.9 Å². The molecule has 1 N–H and O–H groups in total. The lowest BCUT2D eigenvalue weighted by atomic mass is 10.4. The molecule has 0 amide bonds. The molecular formula is C8H12N2O2S. The minimum Gasteiger partial charge on any atom is -0.477 e. The van der Waals surface area contributed by atoms with Crippen LogP contribution in [0.1, 0.15) is 17.4 Å². The molecule has 0 aliphatic rings. The third-order valence-corrected chi connectivity index (χ3v) is 2.47. The predicted octanol–water partition coefficient (Wildman–Crippen LogP) is 1.33. The number of carboxylic acids is 1. The van der Waals surface area contributed by atoms with E-state index in [-0.39, 0.29) is 5.69 Å². The number of aromatic carboxylic acids is 1. The summed E-state index contributed by atoms with van der Waals surface area (Å²) in [7, 11) is 0. The Morgan fingerprint density at radius 1 is 1.77 bits per heavy atom. The van der Waals surface area contributed by atoms with Gasteiger partial charge in [-0.15, -0.1) is 0 Å². The van der Waals surface area contributed by atoms with Gasteiger partial charge in [-0.2, -0.15) is 16.9 Å². The first-order valence-electron chi connectivity index (χ1n) is 4.08. The van der Waals surface area contributed by atoms with E-state index >= 15 is 0 Å². The second-order valence-electron chi connectivity index (χ2n) is 2.44. The largest absolute Gasteiger partial charge is 0.477 e. The minimum atomic E-state index is -0.918. The summed E-state index contributed by atoms with van der Waals surface area (Å²) in [6.07, 6.45) is 1.51. The Hall–Kier alpha value is -0.970. The van der Waals surface area contributed by atoms with Gasteiger partial charge in [0.25, 0.3) is 0 Å². The summed E-state index contributed by atoms with van der Waals surface area (Å²) < 4.78 is 1.52. The highest BCUT2D eigenvalue weighted by Crippen LogP contribution is 2.03. The topological polar surface area (TPSA) is 55.1 Å². The molecule has 0 bridgehead atoms. The van der Waals surface area contributed by atoms with Gasteiger partial charge >= 0.3 is 5.97 Å². The second kappa shape index (κ2) is 4.91. The van der Waals surface area contributed by atoms with Gasteiger partial charge in [0.2, 0.25) is 0 Å². The SMILES string of the molecule is CCSCCn1nccc1C(=O)O. The molecule has 0 saturated carbocycles. The Kier molecular flexibility index (Phi) is 3.82. The van der Waals surface area contributed by atoms with Crippen LogP contribution >= 0.6 is 11.8 Å². The molecule has 1 aromatic rings. The summed E-state index contributed by atoms with van der Waals surface area (Å²) in [5, 5.41) is 12.7. The smallest absolute Gasteiger partial charge is 0.354 e. The van der Waals surface area contributed by atoms with Crippen LogP contribution in [0, 0.1) is 0 Å². The number of hydrogen-bond donors (Lipinski definition) is 1. The first-order valence-corrected chi connectivity index (χ1v) is 5.24. The van der Waals surface area contributed by atoms with Crippen molar-refractivity contribution in [2.75, 3.05) is 11.5 Å². The van der Waals surface area contributed by atoms with Crippen molar-refractivity contribution >= 4 is 17.7 Å². The van der Waals surface area contributed by atoms with E-state index in [1.54, 1.807) is 11.8 Å². The van der Waals surface area contributed by atoms with Crippen LogP contribution in [0.25, 0.3) is 0 Å². The zero-order valence-corrected chi connectivity index (χ0v) is 8.25. The van der Waals surface area contributed by atoms with Gasteiger partial charge < -0.3 is 5.11 Å². The van der Waals surface area contributed by atoms with Crippen molar-refractivity contribution < 1.29 is 9.90 Å². The zero-order valence-electron chi connectivity index (χ0n) is 7.43. The molecular weight excluding hydrogens is 188 g/mol. The molecule has 0 radical (unpaired) electrons. The van der Waals surface area contributed by atoms with Crippen LogP contribution < -0.4 is 0 Å².